The van der Waals surface area contributed by atoms with Gasteiger partial charge in [0.1, 0.15) is 18.4 Å². The second-order valence-corrected chi connectivity index (χ2v) is 7.29. The predicted molar refractivity (Wildman–Crippen MR) is 101 cm³/mol. The quantitative estimate of drug-likeness (QED) is 0.736. The van der Waals surface area contributed by atoms with Gasteiger partial charge in [-0.2, -0.15) is 10.4 Å². The molecule has 2 heterocycles. The van der Waals surface area contributed by atoms with Crippen molar-refractivity contribution in [2.75, 3.05) is 6.61 Å². The molecule has 1 aromatic carbocycles. The average Bonchev–Trinajstić information content (AvgIpc) is 3.07. The van der Waals surface area contributed by atoms with E-state index in [4.69, 9.17) is 10.5 Å². The van der Waals surface area contributed by atoms with E-state index in [9.17, 15) is 5.26 Å². The highest BCUT2D eigenvalue weighted by atomic mass is 16.5. The van der Waals surface area contributed by atoms with Crippen LogP contribution in [0.1, 0.15) is 32.8 Å². The Bertz CT molecular complexity index is 952. The molecule has 6 nitrogen and oxygen atoms in total. The first-order valence-electron chi connectivity index (χ1n) is 8.64. The third-order valence-corrected chi connectivity index (χ3v) is 4.12. The van der Waals surface area contributed by atoms with Gasteiger partial charge in [-0.05, 0) is 43.5 Å². The molecular weight excluding hydrogens is 326 g/mol. The number of aromatic nitrogens is 3. The molecule has 0 unspecified atom stereocenters. The molecule has 0 radical (unpaired) electrons. The van der Waals surface area contributed by atoms with Crippen LogP contribution in [0.15, 0.2) is 42.7 Å². The number of fused-ring (bicyclic) bond motifs is 1. The van der Waals surface area contributed by atoms with Crippen LogP contribution in [0, 0.1) is 17.2 Å². The van der Waals surface area contributed by atoms with E-state index in [1.807, 2.05) is 37.3 Å². The summed E-state index contributed by atoms with van der Waals surface area (Å²) in [6, 6.07) is 11.5. The Morgan fingerprint density at radius 3 is 2.81 bits per heavy atom. The van der Waals surface area contributed by atoms with Gasteiger partial charge in [0.25, 0.3) is 0 Å². The molecule has 2 aromatic heterocycles. The SMILES string of the molecule is CC(C)C[C@](C)(N)COc1ccc(-c2ccnc3ccnn23)cc1C#N. The second kappa shape index (κ2) is 7.14. The predicted octanol–water partition coefficient (Wildman–Crippen LogP) is 3.41. The van der Waals surface area contributed by atoms with Gasteiger partial charge in [0.15, 0.2) is 5.65 Å². The van der Waals surface area contributed by atoms with Crippen LogP contribution >= 0.6 is 0 Å². The fraction of sp³-hybridized carbons (Fsp3) is 0.350. The van der Waals surface area contributed by atoms with Crippen LogP contribution in [0.5, 0.6) is 5.75 Å². The van der Waals surface area contributed by atoms with Crippen LogP contribution in [0.25, 0.3) is 16.9 Å². The highest BCUT2D eigenvalue weighted by Gasteiger charge is 2.22. The van der Waals surface area contributed by atoms with Gasteiger partial charge in [-0.3, -0.25) is 0 Å². The van der Waals surface area contributed by atoms with E-state index < -0.39 is 5.54 Å². The standard InChI is InChI=1S/C20H23N5O/c1-14(2)11-20(3,22)13-26-18-5-4-15(10-16(18)12-21)17-6-8-23-19-7-9-24-25(17)19/h4-10,14H,11,13,22H2,1-3H3/t20-/m0/s1. The molecule has 0 spiro atoms. The van der Waals surface area contributed by atoms with E-state index >= 15 is 0 Å². The molecule has 0 amide bonds. The minimum Gasteiger partial charge on any atom is -0.490 e. The highest BCUT2D eigenvalue weighted by molar-refractivity contribution is 5.66. The fourth-order valence-corrected chi connectivity index (χ4v) is 3.19. The Labute approximate surface area is 153 Å². The molecule has 26 heavy (non-hydrogen) atoms. The van der Waals surface area contributed by atoms with E-state index in [1.165, 1.54) is 0 Å². The average molecular weight is 349 g/mol. The summed E-state index contributed by atoms with van der Waals surface area (Å²) in [5.74, 6) is 1.03. The number of nitrogens with two attached hydrogens (primary N) is 1. The van der Waals surface area contributed by atoms with Crippen LogP contribution in [0.2, 0.25) is 0 Å². The van der Waals surface area contributed by atoms with Crippen LogP contribution in [0.4, 0.5) is 0 Å². The van der Waals surface area contributed by atoms with E-state index in [2.05, 4.69) is 30.0 Å². The monoisotopic (exact) mass is 349 g/mol. The summed E-state index contributed by atoms with van der Waals surface area (Å²) in [6.45, 7) is 6.59. The maximum Gasteiger partial charge on any atom is 0.155 e. The van der Waals surface area contributed by atoms with E-state index in [-0.39, 0.29) is 0 Å². The molecule has 0 aliphatic carbocycles. The molecule has 0 aliphatic heterocycles. The molecule has 1 atom stereocenters. The van der Waals surface area contributed by atoms with Gasteiger partial charge in [-0.1, -0.05) is 13.8 Å². The molecule has 0 saturated carbocycles. The van der Waals surface area contributed by atoms with Crippen molar-refractivity contribution in [3.8, 4) is 23.1 Å². The lowest BCUT2D eigenvalue weighted by atomic mass is 9.93. The van der Waals surface area contributed by atoms with Crippen molar-refractivity contribution in [1.29, 1.82) is 5.26 Å². The first-order valence-corrected chi connectivity index (χ1v) is 8.64. The van der Waals surface area contributed by atoms with Crippen molar-refractivity contribution in [2.45, 2.75) is 32.7 Å². The van der Waals surface area contributed by atoms with E-state index in [1.54, 1.807) is 16.9 Å². The number of hydrogen-bond acceptors (Lipinski definition) is 5. The van der Waals surface area contributed by atoms with E-state index in [0.29, 0.717) is 23.8 Å². The molecule has 0 aliphatic rings. The molecule has 0 bridgehead atoms. The Kier molecular flexibility index (Phi) is 4.92. The molecule has 3 aromatic rings. The lowest BCUT2D eigenvalue weighted by Crippen LogP contribution is -2.43. The topological polar surface area (TPSA) is 89.2 Å². The van der Waals surface area contributed by atoms with Gasteiger partial charge in [0.2, 0.25) is 0 Å². The molecule has 134 valence electrons. The maximum absolute atomic E-state index is 9.54. The highest BCUT2D eigenvalue weighted by Crippen LogP contribution is 2.27. The minimum absolute atomic E-state index is 0.359. The summed E-state index contributed by atoms with van der Waals surface area (Å²) in [5.41, 5.74) is 8.84. The summed E-state index contributed by atoms with van der Waals surface area (Å²) in [5, 5.41) is 13.8. The number of hydrogen-bond donors (Lipinski definition) is 1. The zero-order chi connectivity index (χ0) is 18.7. The summed E-state index contributed by atoms with van der Waals surface area (Å²) < 4.78 is 7.62. The third kappa shape index (κ3) is 3.84. The third-order valence-electron chi connectivity index (χ3n) is 4.12. The number of rotatable bonds is 6. The maximum atomic E-state index is 9.54. The normalized spacial score (nSPS) is 13.5. The minimum atomic E-state index is -0.439. The Balaban J connectivity index is 1.87. The summed E-state index contributed by atoms with van der Waals surface area (Å²) >= 11 is 0. The molecular formula is C20H23N5O. The van der Waals surface area contributed by atoms with Crippen molar-refractivity contribution < 1.29 is 4.74 Å². The first kappa shape index (κ1) is 17.9. The van der Waals surface area contributed by atoms with Crippen molar-refractivity contribution in [1.82, 2.24) is 14.6 Å². The summed E-state index contributed by atoms with van der Waals surface area (Å²) in [4.78, 5) is 4.26. The largest absolute Gasteiger partial charge is 0.490 e. The van der Waals surface area contributed by atoms with Gasteiger partial charge in [-0.15, -0.1) is 0 Å². The number of benzene rings is 1. The fourth-order valence-electron chi connectivity index (χ4n) is 3.19. The Morgan fingerprint density at radius 2 is 2.08 bits per heavy atom. The Morgan fingerprint density at radius 1 is 1.27 bits per heavy atom. The van der Waals surface area contributed by atoms with Gasteiger partial charge in [0, 0.05) is 23.4 Å². The smallest absolute Gasteiger partial charge is 0.155 e. The number of nitriles is 1. The number of ether oxygens (including phenoxy) is 1. The van der Waals surface area contributed by atoms with Gasteiger partial charge < -0.3 is 10.5 Å². The van der Waals surface area contributed by atoms with Gasteiger partial charge in [0.05, 0.1) is 17.5 Å². The lowest BCUT2D eigenvalue weighted by molar-refractivity contribution is 0.206. The molecule has 3 rings (SSSR count). The van der Waals surface area contributed by atoms with Crippen molar-refractivity contribution in [3.05, 3.63) is 48.3 Å². The van der Waals surface area contributed by atoms with Crippen LogP contribution in [-0.2, 0) is 0 Å². The summed E-state index contributed by atoms with van der Waals surface area (Å²) in [6.07, 6.45) is 4.28. The van der Waals surface area contributed by atoms with E-state index in [0.717, 1.165) is 23.3 Å². The molecule has 0 saturated heterocycles. The zero-order valence-electron chi connectivity index (χ0n) is 15.3. The van der Waals surface area contributed by atoms with Gasteiger partial charge in [-0.25, -0.2) is 9.50 Å². The lowest BCUT2D eigenvalue weighted by Gasteiger charge is -2.26. The van der Waals surface area contributed by atoms with Crippen molar-refractivity contribution in [2.24, 2.45) is 11.7 Å². The zero-order valence-corrected chi connectivity index (χ0v) is 15.3. The van der Waals surface area contributed by atoms with Crippen LogP contribution in [0.3, 0.4) is 0 Å². The molecule has 0 fully saturated rings. The molecule has 2 N–H and O–H groups in total. The van der Waals surface area contributed by atoms with Crippen LogP contribution in [-0.4, -0.2) is 26.7 Å². The van der Waals surface area contributed by atoms with Crippen molar-refractivity contribution in [3.63, 3.8) is 0 Å². The number of nitrogens with zero attached hydrogens (tertiary/aromatic N) is 4. The van der Waals surface area contributed by atoms with Crippen molar-refractivity contribution >= 4 is 5.65 Å². The molecule has 6 heteroatoms. The summed E-state index contributed by atoms with van der Waals surface area (Å²) in [7, 11) is 0. The Hall–Kier alpha value is -2.91. The first-order chi connectivity index (χ1) is 12.4. The van der Waals surface area contributed by atoms with Gasteiger partial charge >= 0.3 is 0 Å². The second-order valence-electron chi connectivity index (χ2n) is 7.29. The van der Waals surface area contributed by atoms with Crippen LogP contribution < -0.4 is 10.5 Å².